The summed E-state index contributed by atoms with van der Waals surface area (Å²) < 4.78 is 39.8. The van der Waals surface area contributed by atoms with E-state index in [0.717, 1.165) is 74.4 Å². The van der Waals surface area contributed by atoms with Gasteiger partial charge in [0.25, 0.3) is 0 Å². The third-order valence-electron chi connectivity index (χ3n) is 10.7. The Morgan fingerprint density at radius 2 is 1.06 bits per heavy atom. The van der Waals surface area contributed by atoms with Crippen molar-refractivity contribution in [2.75, 3.05) is 76.8 Å². The van der Waals surface area contributed by atoms with Gasteiger partial charge in [-0.2, -0.15) is 0 Å². The second-order valence-corrected chi connectivity index (χ2v) is 16.0. The first-order chi connectivity index (χ1) is 29.6. The van der Waals surface area contributed by atoms with Gasteiger partial charge in [0.2, 0.25) is 0 Å². The number of anilines is 3. The minimum atomic E-state index is -0.653. The average Bonchev–Trinajstić information content (AvgIpc) is 3.96. The standard InChI is InChI=1S/C14H15FN4O2.C14H17FN4.C9H4ClFN2O2.C5H12N2/c1-18-5-4-10(8-18)17-14-11-6-9(15)2-3-12(11)16-7-13(14)19(20)21;1-19-5-4-10(8-19)18-14-11-6-9(15)2-3-13(11)17-7-12(14)16;10-9-6-3-5(11)1-2-7(6)12-4-8(9)13(14)15;1-7-3-2-5(6)4-7/h2-3,6-7,10H,4-5,8H2,1H3,(H,16,17);2-3,6-7,10H,4-5,8,16H2,1H3,(H,17,18);1-4H;5H,2-4,6H2,1H3/t2*10-;;5-/m11.1/s1. The fraction of sp³-hybridized carbons (Fsp3) is 0.357. The number of aromatic nitrogens is 3. The number of fused-ring (bicyclic) bond motifs is 3. The van der Waals surface area contributed by atoms with Gasteiger partial charge in [-0.05, 0) is 115 Å². The van der Waals surface area contributed by atoms with Crippen molar-refractivity contribution in [3.63, 3.8) is 0 Å². The molecule has 3 aromatic carbocycles. The summed E-state index contributed by atoms with van der Waals surface area (Å²) in [5.74, 6) is -1.21. The number of rotatable bonds is 6. The van der Waals surface area contributed by atoms with Crippen LogP contribution in [0.2, 0.25) is 5.02 Å². The molecule has 6 N–H and O–H groups in total. The zero-order chi connectivity index (χ0) is 44.7. The molecule has 0 unspecified atom stereocenters. The lowest BCUT2D eigenvalue weighted by Gasteiger charge is -2.17. The van der Waals surface area contributed by atoms with Gasteiger partial charge in [0.05, 0.1) is 44.0 Å². The van der Waals surface area contributed by atoms with Crippen LogP contribution in [0.15, 0.2) is 73.2 Å². The van der Waals surface area contributed by atoms with Crippen LogP contribution in [0.4, 0.5) is 41.6 Å². The maximum Gasteiger partial charge on any atom is 0.311 e. The molecule has 0 saturated carbocycles. The fourth-order valence-corrected chi connectivity index (χ4v) is 7.79. The van der Waals surface area contributed by atoms with Crippen LogP contribution in [0.5, 0.6) is 0 Å². The number of likely N-dealkylation sites (N-methyl/N-ethyl adjacent to an activating group) is 3. The molecule has 328 valence electrons. The summed E-state index contributed by atoms with van der Waals surface area (Å²) in [6.07, 6.45) is 7.05. The molecule has 6 heterocycles. The number of nitrogen functional groups attached to an aromatic ring is 1. The number of hydrogen-bond acceptors (Lipinski definition) is 14. The predicted octanol–water partition coefficient (Wildman–Crippen LogP) is 7.05. The highest BCUT2D eigenvalue weighted by Gasteiger charge is 2.26. The van der Waals surface area contributed by atoms with Crippen LogP contribution in [-0.2, 0) is 0 Å². The van der Waals surface area contributed by atoms with E-state index in [4.69, 9.17) is 23.1 Å². The maximum atomic E-state index is 13.5. The van der Waals surface area contributed by atoms with E-state index in [9.17, 15) is 33.4 Å². The minimum Gasteiger partial charge on any atom is -0.396 e. The molecule has 3 aliphatic rings. The van der Waals surface area contributed by atoms with Crippen molar-refractivity contribution >= 4 is 72.7 Å². The molecule has 16 nitrogen and oxygen atoms in total. The molecular formula is C42H48ClF3N12O4. The van der Waals surface area contributed by atoms with E-state index >= 15 is 0 Å². The number of benzene rings is 3. The third-order valence-corrected chi connectivity index (χ3v) is 11.1. The van der Waals surface area contributed by atoms with Crippen molar-refractivity contribution in [3.05, 3.63) is 116 Å². The van der Waals surface area contributed by atoms with Gasteiger partial charge >= 0.3 is 11.4 Å². The lowest BCUT2D eigenvalue weighted by Crippen LogP contribution is -2.24. The first-order valence-electron chi connectivity index (χ1n) is 19.8. The Labute approximate surface area is 360 Å². The molecule has 0 aliphatic carbocycles. The van der Waals surface area contributed by atoms with Gasteiger partial charge in [0.1, 0.15) is 40.6 Å². The summed E-state index contributed by atoms with van der Waals surface area (Å²) in [7, 11) is 6.20. The van der Waals surface area contributed by atoms with Gasteiger partial charge in [-0.15, -0.1) is 0 Å². The van der Waals surface area contributed by atoms with E-state index in [1.165, 1.54) is 61.6 Å². The monoisotopic (exact) mass is 876 g/mol. The Balaban J connectivity index is 0.000000145. The van der Waals surface area contributed by atoms with Crippen molar-refractivity contribution in [2.45, 2.75) is 37.4 Å². The van der Waals surface area contributed by atoms with Crippen LogP contribution in [0.1, 0.15) is 19.3 Å². The molecule has 3 fully saturated rings. The number of nitrogens with zero attached hydrogens (tertiary/aromatic N) is 8. The highest BCUT2D eigenvalue weighted by molar-refractivity contribution is 6.37. The number of nitrogens with one attached hydrogen (secondary N) is 2. The lowest BCUT2D eigenvalue weighted by molar-refractivity contribution is -0.384. The van der Waals surface area contributed by atoms with E-state index in [2.05, 4.69) is 54.4 Å². The molecule has 0 radical (unpaired) electrons. The smallest absolute Gasteiger partial charge is 0.311 e. The molecule has 62 heavy (non-hydrogen) atoms. The maximum absolute atomic E-state index is 13.5. The molecule has 9 rings (SSSR count). The number of nitro groups is 2. The first-order valence-corrected chi connectivity index (χ1v) is 20.2. The second kappa shape index (κ2) is 20.3. The molecule has 3 aliphatic heterocycles. The summed E-state index contributed by atoms with van der Waals surface area (Å²) >= 11 is 5.76. The minimum absolute atomic E-state index is 0.0931. The Morgan fingerprint density at radius 1 is 0.645 bits per heavy atom. The van der Waals surface area contributed by atoms with Gasteiger partial charge in [0, 0.05) is 53.9 Å². The Bertz CT molecular complexity index is 2560. The van der Waals surface area contributed by atoms with Crippen LogP contribution < -0.4 is 22.1 Å². The predicted molar refractivity (Wildman–Crippen MR) is 237 cm³/mol. The SMILES string of the molecule is CN1CC[C@@H](N)C1.CN1CC[C@@H](Nc2c(N)cnc3ccc(F)cc23)C1.CN1CC[C@@H](Nc2c([N+](=O)[O-])cnc3ccc(F)cc23)C1.O=[N+]([O-])c1cnc2ccc(F)cc2c1Cl. The first kappa shape index (κ1) is 45.5. The summed E-state index contributed by atoms with van der Waals surface area (Å²) in [5, 5.41) is 29.7. The molecule has 3 atom stereocenters. The van der Waals surface area contributed by atoms with Crippen LogP contribution in [-0.4, -0.2) is 118 Å². The number of hydrogen-bond donors (Lipinski definition) is 4. The topological polar surface area (TPSA) is 211 Å². The molecule has 0 bridgehead atoms. The van der Waals surface area contributed by atoms with Gasteiger partial charge in [-0.3, -0.25) is 25.2 Å². The van der Waals surface area contributed by atoms with E-state index in [1.54, 1.807) is 12.3 Å². The normalized spacial score (nSPS) is 19.0. The Morgan fingerprint density at radius 3 is 1.50 bits per heavy atom. The van der Waals surface area contributed by atoms with Gasteiger partial charge in [-0.1, -0.05) is 11.6 Å². The molecule has 6 aromatic rings. The fourth-order valence-electron chi connectivity index (χ4n) is 7.52. The highest BCUT2D eigenvalue weighted by Crippen LogP contribution is 2.34. The number of halogens is 4. The Kier molecular flexibility index (Phi) is 14.9. The summed E-state index contributed by atoms with van der Waals surface area (Å²) in [6.45, 7) is 6.04. The van der Waals surface area contributed by atoms with Crippen molar-refractivity contribution in [3.8, 4) is 0 Å². The summed E-state index contributed by atoms with van der Waals surface area (Å²) in [4.78, 5) is 39.3. The molecule has 3 aromatic heterocycles. The number of nitrogens with two attached hydrogens (primary N) is 2. The van der Waals surface area contributed by atoms with E-state index in [1.807, 2.05) is 7.05 Å². The van der Waals surface area contributed by atoms with Crippen molar-refractivity contribution < 1.29 is 23.0 Å². The quantitative estimate of drug-likeness (QED) is 0.0976. The van der Waals surface area contributed by atoms with E-state index in [0.29, 0.717) is 39.9 Å². The third kappa shape index (κ3) is 11.5. The van der Waals surface area contributed by atoms with E-state index < -0.39 is 21.5 Å². The van der Waals surface area contributed by atoms with Crippen molar-refractivity contribution in [2.24, 2.45) is 5.73 Å². The van der Waals surface area contributed by atoms with Gasteiger partial charge in [-0.25, -0.2) is 23.1 Å². The van der Waals surface area contributed by atoms with Crippen molar-refractivity contribution in [1.29, 1.82) is 0 Å². The Hall–Kier alpha value is -5.99. The largest absolute Gasteiger partial charge is 0.396 e. The van der Waals surface area contributed by atoms with Crippen LogP contribution in [0.3, 0.4) is 0 Å². The van der Waals surface area contributed by atoms with Gasteiger partial charge in [0.15, 0.2) is 0 Å². The molecule has 20 heteroatoms. The van der Waals surface area contributed by atoms with E-state index in [-0.39, 0.29) is 33.6 Å². The molecule has 0 spiro atoms. The summed E-state index contributed by atoms with van der Waals surface area (Å²) in [5.41, 5.74) is 14.6. The molecular weight excluding hydrogens is 829 g/mol. The second-order valence-electron chi connectivity index (χ2n) is 15.7. The number of likely N-dealkylation sites (tertiary alicyclic amines) is 3. The zero-order valence-corrected chi connectivity index (χ0v) is 35.2. The van der Waals surface area contributed by atoms with Crippen molar-refractivity contribution in [1.82, 2.24) is 29.7 Å². The average molecular weight is 877 g/mol. The van der Waals surface area contributed by atoms with Crippen LogP contribution in [0, 0.1) is 37.7 Å². The number of pyridine rings is 3. The lowest BCUT2D eigenvalue weighted by atomic mass is 10.1. The highest BCUT2D eigenvalue weighted by atomic mass is 35.5. The van der Waals surface area contributed by atoms with Gasteiger partial charge < -0.3 is 36.8 Å². The van der Waals surface area contributed by atoms with Crippen LogP contribution in [0.25, 0.3) is 32.7 Å². The van der Waals surface area contributed by atoms with Crippen LogP contribution >= 0.6 is 11.6 Å². The summed E-state index contributed by atoms with van der Waals surface area (Å²) in [6, 6.07) is 13.4. The zero-order valence-electron chi connectivity index (χ0n) is 34.4. The molecule has 0 amide bonds. The molecule has 3 saturated heterocycles.